The molecule has 0 aliphatic carbocycles. The summed E-state index contributed by atoms with van der Waals surface area (Å²) < 4.78 is 26.4. The lowest BCUT2D eigenvalue weighted by molar-refractivity contribution is 0.376. The third-order valence-corrected chi connectivity index (χ3v) is 4.31. The fourth-order valence-corrected chi connectivity index (χ4v) is 2.99. The molecular weight excluding hydrogens is 238 g/mol. The van der Waals surface area contributed by atoms with E-state index < -0.39 is 10.0 Å². The SMILES string of the molecule is O=S(=O)(NCC1CCCNC1)c1cccnc1. The number of aromatic nitrogens is 1. The van der Waals surface area contributed by atoms with Crippen LogP contribution >= 0.6 is 0 Å². The first-order valence-electron chi connectivity index (χ1n) is 5.79. The first kappa shape index (κ1) is 12.5. The van der Waals surface area contributed by atoms with Gasteiger partial charge >= 0.3 is 0 Å². The van der Waals surface area contributed by atoms with E-state index in [2.05, 4.69) is 15.0 Å². The molecule has 1 atom stereocenters. The van der Waals surface area contributed by atoms with E-state index in [-0.39, 0.29) is 4.90 Å². The summed E-state index contributed by atoms with van der Waals surface area (Å²) in [6.07, 6.45) is 5.10. The first-order chi connectivity index (χ1) is 8.18. The van der Waals surface area contributed by atoms with Crippen molar-refractivity contribution in [1.82, 2.24) is 15.0 Å². The van der Waals surface area contributed by atoms with Gasteiger partial charge in [-0.25, -0.2) is 13.1 Å². The van der Waals surface area contributed by atoms with Crippen molar-refractivity contribution in [3.63, 3.8) is 0 Å². The minimum atomic E-state index is -3.40. The molecule has 1 aliphatic rings. The van der Waals surface area contributed by atoms with E-state index >= 15 is 0 Å². The normalized spacial score (nSPS) is 21.3. The van der Waals surface area contributed by atoms with Crippen molar-refractivity contribution < 1.29 is 8.42 Å². The highest BCUT2D eigenvalue weighted by Crippen LogP contribution is 2.11. The Hall–Kier alpha value is -0.980. The maximum absolute atomic E-state index is 11.9. The lowest BCUT2D eigenvalue weighted by atomic mass is 10.0. The largest absolute Gasteiger partial charge is 0.316 e. The van der Waals surface area contributed by atoms with Crippen LogP contribution in [0.4, 0.5) is 0 Å². The van der Waals surface area contributed by atoms with E-state index in [9.17, 15) is 8.42 Å². The van der Waals surface area contributed by atoms with E-state index in [1.165, 1.54) is 6.20 Å². The summed E-state index contributed by atoms with van der Waals surface area (Å²) in [5, 5.41) is 3.26. The molecule has 0 spiro atoms. The van der Waals surface area contributed by atoms with Crippen LogP contribution in [0.15, 0.2) is 29.4 Å². The Morgan fingerprint density at radius 1 is 1.53 bits per heavy atom. The van der Waals surface area contributed by atoms with E-state index in [4.69, 9.17) is 0 Å². The molecule has 0 radical (unpaired) electrons. The molecule has 6 heteroatoms. The Morgan fingerprint density at radius 2 is 2.41 bits per heavy atom. The van der Waals surface area contributed by atoms with Crippen LogP contribution in [0.5, 0.6) is 0 Å². The van der Waals surface area contributed by atoms with Gasteiger partial charge in [0.25, 0.3) is 0 Å². The summed E-state index contributed by atoms with van der Waals surface area (Å²) in [7, 11) is -3.40. The molecule has 94 valence electrons. The highest BCUT2D eigenvalue weighted by Gasteiger charge is 2.18. The molecule has 2 N–H and O–H groups in total. The van der Waals surface area contributed by atoms with Gasteiger partial charge in [-0.1, -0.05) is 0 Å². The number of nitrogens with zero attached hydrogens (tertiary/aromatic N) is 1. The topological polar surface area (TPSA) is 71.1 Å². The highest BCUT2D eigenvalue weighted by molar-refractivity contribution is 7.89. The van der Waals surface area contributed by atoms with Crippen LogP contribution in [0.3, 0.4) is 0 Å². The van der Waals surface area contributed by atoms with Gasteiger partial charge in [-0.15, -0.1) is 0 Å². The van der Waals surface area contributed by atoms with Crippen molar-refractivity contribution in [2.75, 3.05) is 19.6 Å². The van der Waals surface area contributed by atoms with Crippen molar-refractivity contribution >= 4 is 10.0 Å². The second-order valence-electron chi connectivity index (χ2n) is 4.25. The second kappa shape index (κ2) is 5.57. The predicted molar refractivity (Wildman–Crippen MR) is 65.0 cm³/mol. The van der Waals surface area contributed by atoms with Gasteiger partial charge in [-0.2, -0.15) is 0 Å². The smallest absolute Gasteiger partial charge is 0.242 e. The van der Waals surface area contributed by atoms with Crippen LogP contribution < -0.4 is 10.0 Å². The standard InChI is InChI=1S/C11H17N3O2S/c15-17(16,11-4-2-6-13-9-11)14-8-10-3-1-5-12-7-10/h2,4,6,9-10,12,14H,1,3,5,7-8H2. The molecule has 5 nitrogen and oxygen atoms in total. The zero-order valence-corrected chi connectivity index (χ0v) is 10.4. The first-order valence-corrected chi connectivity index (χ1v) is 7.27. The minimum absolute atomic E-state index is 0.226. The number of piperidine rings is 1. The number of pyridine rings is 1. The summed E-state index contributed by atoms with van der Waals surface area (Å²) in [6, 6.07) is 3.17. The maximum atomic E-state index is 11.9. The predicted octanol–water partition coefficient (Wildman–Crippen LogP) is 0.359. The number of sulfonamides is 1. The number of rotatable bonds is 4. The van der Waals surface area contributed by atoms with E-state index in [0.29, 0.717) is 12.5 Å². The minimum Gasteiger partial charge on any atom is -0.316 e. The molecule has 1 aromatic rings. The Kier molecular flexibility index (Phi) is 4.09. The van der Waals surface area contributed by atoms with Gasteiger partial charge in [0.1, 0.15) is 4.90 Å². The molecule has 1 fully saturated rings. The second-order valence-corrected chi connectivity index (χ2v) is 6.02. The van der Waals surface area contributed by atoms with Crippen LogP contribution in [-0.2, 0) is 10.0 Å². The van der Waals surface area contributed by atoms with Gasteiger partial charge in [0.2, 0.25) is 10.0 Å². The van der Waals surface area contributed by atoms with Crippen molar-refractivity contribution in [2.24, 2.45) is 5.92 Å². The van der Waals surface area contributed by atoms with Gasteiger partial charge in [-0.05, 0) is 44.0 Å². The Balaban J connectivity index is 1.94. The number of hydrogen-bond acceptors (Lipinski definition) is 4. The molecule has 1 saturated heterocycles. The lowest BCUT2D eigenvalue weighted by Crippen LogP contribution is -2.38. The third kappa shape index (κ3) is 3.49. The Labute approximate surface area is 102 Å². The van der Waals surface area contributed by atoms with Crippen LogP contribution in [0.1, 0.15) is 12.8 Å². The van der Waals surface area contributed by atoms with Gasteiger partial charge in [0, 0.05) is 18.9 Å². The fourth-order valence-electron chi connectivity index (χ4n) is 1.92. The van der Waals surface area contributed by atoms with Crippen molar-refractivity contribution in [3.8, 4) is 0 Å². The third-order valence-electron chi connectivity index (χ3n) is 2.91. The van der Waals surface area contributed by atoms with Gasteiger partial charge in [-0.3, -0.25) is 4.98 Å². The summed E-state index contributed by atoms with van der Waals surface area (Å²) >= 11 is 0. The Bertz CT molecular complexity index is 441. The summed E-state index contributed by atoms with van der Waals surface area (Å²) in [5.74, 6) is 0.384. The molecule has 17 heavy (non-hydrogen) atoms. The molecule has 0 saturated carbocycles. The average molecular weight is 255 g/mol. The van der Waals surface area contributed by atoms with Crippen LogP contribution in [0.25, 0.3) is 0 Å². The number of nitrogens with one attached hydrogen (secondary N) is 2. The fraction of sp³-hybridized carbons (Fsp3) is 0.545. The molecule has 2 rings (SSSR count). The van der Waals surface area contributed by atoms with E-state index in [1.54, 1.807) is 18.3 Å². The summed E-state index contributed by atoms with van der Waals surface area (Å²) in [4.78, 5) is 4.04. The Morgan fingerprint density at radius 3 is 3.06 bits per heavy atom. The summed E-state index contributed by atoms with van der Waals surface area (Å²) in [6.45, 7) is 2.41. The van der Waals surface area contributed by atoms with Crippen molar-refractivity contribution in [1.29, 1.82) is 0 Å². The maximum Gasteiger partial charge on any atom is 0.242 e. The molecule has 0 bridgehead atoms. The molecular formula is C11H17N3O2S. The van der Waals surface area contributed by atoms with Crippen LogP contribution in [0.2, 0.25) is 0 Å². The van der Waals surface area contributed by atoms with Crippen molar-refractivity contribution in [3.05, 3.63) is 24.5 Å². The van der Waals surface area contributed by atoms with Crippen LogP contribution in [0, 0.1) is 5.92 Å². The molecule has 0 aromatic carbocycles. The van der Waals surface area contributed by atoms with E-state index in [0.717, 1.165) is 25.9 Å². The van der Waals surface area contributed by atoms with E-state index in [1.807, 2.05) is 0 Å². The van der Waals surface area contributed by atoms with Crippen LogP contribution in [-0.4, -0.2) is 33.0 Å². The van der Waals surface area contributed by atoms with Gasteiger partial charge in [0.15, 0.2) is 0 Å². The quantitative estimate of drug-likeness (QED) is 0.815. The molecule has 1 aliphatic heterocycles. The van der Waals surface area contributed by atoms with Crippen molar-refractivity contribution in [2.45, 2.75) is 17.7 Å². The van der Waals surface area contributed by atoms with Gasteiger partial charge < -0.3 is 5.32 Å². The molecule has 2 heterocycles. The highest BCUT2D eigenvalue weighted by atomic mass is 32.2. The average Bonchev–Trinajstić information content (AvgIpc) is 2.39. The molecule has 1 aromatic heterocycles. The zero-order valence-electron chi connectivity index (χ0n) is 9.59. The number of hydrogen-bond donors (Lipinski definition) is 2. The van der Waals surface area contributed by atoms with Gasteiger partial charge in [0.05, 0.1) is 0 Å². The monoisotopic (exact) mass is 255 g/mol. The zero-order chi connectivity index (χ0) is 12.1. The summed E-state index contributed by atoms with van der Waals surface area (Å²) in [5.41, 5.74) is 0. The molecule has 0 amide bonds. The lowest BCUT2D eigenvalue weighted by Gasteiger charge is -2.22. The molecule has 1 unspecified atom stereocenters.